The molecule has 0 saturated carbocycles. The quantitative estimate of drug-likeness (QED) is 0.683. The lowest BCUT2D eigenvalue weighted by molar-refractivity contribution is 0.602. The van der Waals surface area contributed by atoms with Crippen molar-refractivity contribution < 1.29 is 4.42 Å². The molecule has 0 N–H and O–H groups in total. The molecule has 0 aliphatic rings. The van der Waals surface area contributed by atoms with Gasteiger partial charge in [0.25, 0.3) is 0 Å². The van der Waals surface area contributed by atoms with Gasteiger partial charge in [-0.3, -0.25) is 0 Å². The summed E-state index contributed by atoms with van der Waals surface area (Å²) in [6.07, 6.45) is 1.48. The van der Waals surface area contributed by atoms with Crippen LogP contribution in [0.3, 0.4) is 0 Å². The Kier molecular flexibility index (Phi) is 2.52. The van der Waals surface area contributed by atoms with E-state index in [9.17, 15) is 0 Å². The number of aromatic nitrogens is 1. The summed E-state index contributed by atoms with van der Waals surface area (Å²) in [7, 11) is 4.08. The van der Waals surface area contributed by atoms with Crippen LogP contribution in [0.5, 0.6) is 0 Å². The van der Waals surface area contributed by atoms with E-state index in [1.807, 2.05) is 26.2 Å². The van der Waals surface area contributed by atoms with Crippen LogP contribution in [-0.4, -0.2) is 19.1 Å². The van der Waals surface area contributed by atoms with Crippen molar-refractivity contribution in [1.29, 1.82) is 0 Å². The first kappa shape index (κ1) is 10.8. The topological polar surface area (TPSA) is 29.3 Å². The number of rotatable bonds is 2. The predicted molar refractivity (Wildman–Crippen MR) is 73.8 cm³/mol. The molecule has 3 aromatic rings. The zero-order valence-electron chi connectivity index (χ0n) is 10.4. The fourth-order valence-corrected chi connectivity index (χ4v) is 1.99. The molecular formula is C15H14N2O. The normalized spacial score (nSPS) is 10.8. The van der Waals surface area contributed by atoms with Crippen molar-refractivity contribution in [3.63, 3.8) is 0 Å². The molecule has 1 heterocycles. The molecule has 0 atom stereocenters. The highest BCUT2D eigenvalue weighted by atomic mass is 16.3. The molecular weight excluding hydrogens is 224 g/mol. The molecule has 0 spiro atoms. The average Bonchev–Trinajstić information content (AvgIpc) is 2.86. The third-order valence-corrected chi connectivity index (χ3v) is 3.05. The second kappa shape index (κ2) is 4.18. The highest BCUT2D eigenvalue weighted by Crippen LogP contribution is 2.25. The number of fused-ring (bicyclic) bond motifs is 1. The molecule has 0 radical (unpaired) electrons. The Morgan fingerprint density at radius 3 is 2.39 bits per heavy atom. The number of oxazole rings is 1. The number of anilines is 1. The summed E-state index contributed by atoms with van der Waals surface area (Å²) in [5.74, 6) is 0. The van der Waals surface area contributed by atoms with Crippen molar-refractivity contribution >= 4 is 16.8 Å². The van der Waals surface area contributed by atoms with E-state index in [1.54, 1.807) is 0 Å². The third kappa shape index (κ3) is 1.84. The molecule has 3 rings (SSSR count). The van der Waals surface area contributed by atoms with E-state index in [4.69, 9.17) is 4.42 Å². The summed E-state index contributed by atoms with van der Waals surface area (Å²) >= 11 is 0. The van der Waals surface area contributed by atoms with Crippen LogP contribution in [0.4, 0.5) is 5.69 Å². The molecule has 0 bridgehead atoms. The number of hydrogen-bond donors (Lipinski definition) is 0. The highest BCUT2D eigenvalue weighted by Gasteiger charge is 2.03. The van der Waals surface area contributed by atoms with Gasteiger partial charge in [0.15, 0.2) is 12.0 Å². The molecule has 0 amide bonds. The summed E-state index contributed by atoms with van der Waals surface area (Å²) in [5, 5.41) is 0. The van der Waals surface area contributed by atoms with E-state index in [0.717, 1.165) is 16.7 Å². The Morgan fingerprint density at radius 1 is 0.944 bits per heavy atom. The lowest BCUT2D eigenvalue weighted by Crippen LogP contribution is -2.07. The first-order valence-electron chi connectivity index (χ1n) is 5.85. The maximum atomic E-state index is 5.24. The molecule has 0 aliphatic carbocycles. The lowest BCUT2D eigenvalue weighted by atomic mass is 10.0. The molecule has 0 unspecified atom stereocenters. The fourth-order valence-electron chi connectivity index (χ4n) is 1.99. The first-order valence-corrected chi connectivity index (χ1v) is 5.85. The van der Waals surface area contributed by atoms with E-state index < -0.39 is 0 Å². The first-order chi connectivity index (χ1) is 8.74. The van der Waals surface area contributed by atoms with Crippen LogP contribution < -0.4 is 4.90 Å². The van der Waals surface area contributed by atoms with Gasteiger partial charge in [0, 0.05) is 19.8 Å². The Hall–Kier alpha value is -2.29. The molecule has 18 heavy (non-hydrogen) atoms. The molecule has 0 fully saturated rings. The second-order valence-electron chi connectivity index (χ2n) is 4.48. The zero-order chi connectivity index (χ0) is 12.5. The molecule has 1 aromatic heterocycles. The molecule has 3 heteroatoms. The van der Waals surface area contributed by atoms with Crippen molar-refractivity contribution in [1.82, 2.24) is 4.98 Å². The van der Waals surface area contributed by atoms with Gasteiger partial charge in [-0.2, -0.15) is 0 Å². The van der Waals surface area contributed by atoms with Crippen LogP contribution in [0.15, 0.2) is 53.3 Å². The third-order valence-electron chi connectivity index (χ3n) is 3.05. The number of benzene rings is 2. The SMILES string of the molecule is CN(C)c1ccc(-c2ccc3ocnc3c2)cc1. The molecule has 90 valence electrons. The minimum absolute atomic E-state index is 0.823. The minimum Gasteiger partial charge on any atom is -0.443 e. The fraction of sp³-hybridized carbons (Fsp3) is 0.133. The average molecular weight is 238 g/mol. The van der Waals surface area contributed by atoms with Gasteiger partial charge >= 0.3 is 0 Å². The van der Waals surface area contributed by atoms with E-state index in [0.29, 0.717) is 0 Å². The Bertz CT molecular complexity index is 668. The largest absolute Gasteiger partial charge is 0.443 e. The molecule has 0 saturated heterocycles. The van der Waals surface area contributed by atoms with Crippen molar-refractivity contribution in [2.45, 2.75) is 0 Å². The Labute approximate surface area is 106 Å². The zero-order valence-corrected chi connectivity index (χ0v) is 10.4. The van der Waals surface area contributed by atoms with Gasteiger partial charge in [0.1, 0.15) is 5.52 Å². The van der Waals surface area contributed by atoms with Gasteiger partial charge < -0.3 is 9.32 Å². The van der Waals surface area contributed by atoms with E-state index in [1.165, 1.54) is 17.6 Å². The summed E-state index contributed by atoms with van der Waals surface area (Å²) < 4.78 is 5.24. The molecule has 2 aromatic carbocycles. The summed E-state index contributed by atoms with van der Waals surface area (Å²) in [6, 6.07) is 14.5. The van der Waals surface area contributed by atoms with Crippen molar-refractivity contribution in [3.05, 3.63) is 48.9 Å². The maximum Gasteiger partial charge on any atom is 0.181 e. The molecule has 3 nitrogen and oxygen atoms in total. The van der Waals surface area contributed by atoms with E-state index >= 15 is 0 Å². The van der Waals surface area contributed by atoms with Crippen molar-refractivity contribution in [3.8, 4) is 11.1 Å². The second-order valence-corrected chi connectivity index (χ2v) is 4.48. The maximum absolute atomic E-state index is 5.24. The lowest BCUT2D eigenvalue weighted by Gasteiger charge is -2.12. The van der Waals surface area contributed by atoms with Crippen LogP contribution in [-0.2, 0) is 0 Å². The Balaban J connectivity index is 2.02. The monoisotopic (exact) mass is 238 g/mol. The van der Waals surface area contributed by atoms with Gasteiger partial charge in [-0.25, -0.2) is 4.98 Å². The number of hydrogen-bond acceptors (Lipinski definition) is 3. The Morgan fingerprint density at radius 2 is 1.67 bits per heavy atom. The highest BCUT2D eigenvalue weighted by molar-refractivity contribution is 5.80. The number of nitrogens with zero attached hydrogens (tertiary/aromatic N) is 2. The summed E-state index contributed by atoms with van der Waals surface area (Å²) in [6.45, 7) is 0. The summed E-state index contributed by atoms with van der Waals surface area (Å²) in [4.78, 5) is 6.26. The molecule has 0 aliphatic heterocycles. The van der Waals surface area contributed by atoms with Gasteiger partial charge in [-0.1, -0.05) is 18.2 Å². The summed E-state index contributed by atoms with van der Waals surface area (Å²) in [5.41, 5.74) is 5.25. The predicted octanol–water partition coefficient (Wildman–Crippen LogP) is 3.56. The van der Waals surface area contributed by atoms with Gasteiger partial charge in [-0.15, -0.1) is 0 Å². The van der Waals surface area contributed by atoms with Gasteiger partial charge in [-0.05, 0) is 35.4 Å². The van der Waals surface area contributed by atoms with Gasteiger partial charge in [0.2, 0.25) is 0 Å². The smallest absolute Gasteiger partial charge is 0.181 e. The van der Waals surface area contributed by atoms with E-state index in [-0.39, 0.29) is 0 Å². The van der Waals surface area contributed by atoms with Crippen LogP contribution in [0, 0.1) is 0 Å². The van der Waals surface area contributed by atoms with Crippen LogP contribution in [0.2, 0.25) is 0 Å². The van der Waals surface area contributed by atoms with Crippen molar-refractivity contribution in [2.75, 3.05) is 19.0 Å². The van der Waals surface area contributed by atoms with Crippen LogP contribution >= 0.6 is 0 Å². The van der Waals surface area contributed by atoms with Gasteiger partial charge in [0.05, 0.1) is 0 Å². The van der Waals surface area contributed by atoms with Crippen molar-refractivity contribution in [2.24, 2.45) is 0 Å². The van der Waals surface area contributed by atoms with Crippen LogP contribution in [0.25, 0.3) is 22.2 Å². The standard InChI is InChI=1S/C15H14N2O/c1-17(2)13-6-3-11(4-7-13)12-5-8-15-14(9-12)16-10-18-15/h3-10H,1-2H3. The van der Waals surface area contributed by atoms with Crippen LogP contribution in [0.1, 0.15) is 0 Å². The minimum atomic E-state index is 0.823. The van der Waals surface area contributed by atoms with E-state index in [2.05, 4.69) is 40.2 Å².